The van der Waals surface area contributed by atoms with Crippen molar-refractivity contribution in [3.63, 3.8) is 0 Å². The largest absolute Gasteiger partial charge is 0.327 e. The Morgan fingerprint density at radius 1 is 1.09 bits per heavy atom. The molecule has 1 heterocycles. The first kappa shape index (κ1) is 15.2. The number of carbonyl (C=O) groups is 1. The van der Waals surface area contributed by atoms with Crippen LogP contribution in [0.25, 0.3) is 6.08 Å². The van der Waals surface area contributed by atoms with Crippen molar-refractivity contribution in [1.29, 1.82) is 0 Å². The minimum absolute atomic E-state index is 0.178. The van der Waals surface area contributed by atoms with E-state index in [2.05, 4.69) is 21.2 Å². The summed E-state index contributed by atoms with van der Waals surface area (Å²) in [5.74, 6) is -0.178. The number of anilines is 1. The molecule has 0 aliphatic carbocycles. The van der Waals surface area contributed by atoms with Crippen molar-refractivity contribution in [2.75, 3.05) is 4.90 Å². The van der Waals surface area contributed by atoms with Crippen molar-refractivity contribution in [3.05, 3.63) is 69.3 Å². The molecule has 3 rings (SSSR count). The summed E-state index contributed by atoms with van der Waals surface area (Å²) in [7, 11) is 0. The summed E-state index contributed by atoms with van der Waals surface area (Å²) in [6.07, 6.45) is 1.75. The predicted octanol–water partition coefficient (Wildman–Crippen LogP) is 4.36. The molecular formula is C16H10BrClN2OS. The van der Waals surface area contributed by atoms with E-state index in [0.29, 0.717) is 15.8 Å². The Balaban J connectivity index is 1.91. The molecule has 6 heteroatoms. The number of carbonyl (C=O) groups excluding carboxylic acids is 1. The number of nitrogens with one attached hydrogen (secondary N) is 1. The zero-order valence-electron chi connectivity index (χ0n) is 11.2. The van der Waals surface area contributed by atoms with E-state index in [9.17, 15) is 4.79 Å². The van der Waals surface area contributed by atoms with Gasteiger partial charge >= 0.3 is 0 Å². The number of hydrogen-bond acceptors (Lipinski definition) is 2. The SMILES string of the molecule is O=C1C(=Cc2ccc(Cl)cc2)NC(=S)N1c1ccc(Br)cc1. The summed E-state index contributed by atoms with van der Waals surface area (Å²) in [4.78, 5) is 14.0. The molecule has 1 aliphatic heterocycles. The van der Waals surface area contributed by atoms with Gasteiger partial charge in [0.1, 0.15) is 5.70 Å². The number of thiocarbonyl (C=S) groups is 1. The lowest BCUT2D eigenvalue weighted by Gasteiger charge is -2.13. The van der Waals surface area contributed by atoms with E-state index in [1.54, 1.807) is 18.2 Å². The van der Waals surface area contributed by atoms with E-state index >= 15 is 0 Å². The van der Waals surface area contributed by atoms with Gasteiger partial charge in [-0.25, -0.2) is 0 Å². The molecule has 1 N–H and O–H groups in total. The van der Waals surface area contributed by atoms with Gasteiger partial charge in [0.2, 0.25) is 0 Å². The summed E-state index contributed by atoms with van der Waals surface area (Å²) < 4.78 is 0.943. The summed E-state index contributed by atoms with van der Waals surface area (Å²) >= 11 is 14.5. The molecule has 0 aromatic heterocycles. The van der Waals surface area contributed by atoms with Crippen molar-refractivity contribution in [2.24, 2.45) is 0 Å². The summed E-state index contributed by atoms with van der Waals surface area (Å²) in [5, 5.41) is 3.97. The molecule has 0 unspecified atom stereocenters. The van der Waals surface area contributed by atoms with Gasteiger partial charge in [-0.05, 0) is 60.3 Å². The fourth-order valence-electron chi connectivity index (χ4n) is 2.09. The Hall–Kier alpha value is -1.69. The molecule has 0 saturated carbocycles. The topological polar surface area (TPSA) is 32.3 Å². The van der Waals surface area contributed by atoms with Gasteiger partial charge in [-0.15, -0.1) is 0 Å². The van der Waals surface area contributed by atoms with Crippen LogP contribution in [-0.4, -0.2) is 11.0 Å². The normalized spacial score (nSPS) is 16.3. The van der Waals surface area contributed by atoms with Gasteiger partial charge in [0.05, 0.1) is 5.69 Å². The lowest BCUT2D eigenvalue weighted by atomic mass is 10.2. The van der Waals surface area contributed by atoms with Gasteiger partial charge in [0, 0.05) is 9.50 Å². The van der Waals surface area contributed by atoms with Crippen molar-refractivity contribution >= 4 is 62.5 Å². The maximum absolute atomic E-state index is 12.5. The highest BCUT2D eigenvalue weighted by Crippen LogP contribution is 2.24. The monoisotopic (exact) mass is 392 g/mol. The number of nitrogens with zero attached hydrogens (tertiary/aromatic N) is 1. The van der Waals surface area contributed by atoms with Crippen LogP contribution in [0.4, 0.5) is 5.69 Å². The second-order valence-electron chi connectivity index (χ2n) is 4.66. The molecule has 0 atom stereocenters. The highest BCUT2D eigenvalue weighted by Gasteiger charge is 2.31. The van der Waals surface area contributed by atoms with Gasteiger partial charge in [-0.2, -0.15) is 0 Å². The molecule has 0 bridgehead atoms. The Morgan fingerprint density at radius 3 is 2.36 bits per heavy atom. The Labute approximate surface area is 146 Å². The van der Waals surface area contributed by atoms with Crippen LogP contribution < -0.4 is 10.2 Å². The van der Waals surface area contributed by atoms with E-state index in [1.165, 1.54) is 4.90 Å². The average Bonchev–Trinajstić information content (AvgIpc) is 2.77. The molecule has 0 radical (unpaired) electrons. The Bertz CT molecular complexity index is 772. The van der Waals surface area contributed by atoms with Gasteiger partial charge in [-0.3, -0.25) is 9.69 Å². The molecule has 2 aromatic rings. The van der Waals surface area contributed by atoms with Gasteiger partial charge in [-0.1, -0.05) is 39.7 Å². The first-order chi connectivity index (χ1) is 10.5. The second-order valence-corrected chi connectivity index (χ2v) is 6.40. The van der Waals surface area contributed by atoms with Crippen molar-refractivity contribution in [2.45, 2.75) is 0 Å². The minimum Gasteiger partial charge on any atom is -0.327 e. The highest BCUT2D eigenvalue weighted by molar-refractivity contribution is 9.10. The average molecular weight is 394 g/mol. The van der Waals surface area contributed by atoms with Gasteiger partial charge < -0.3 is 5.32 Å². The Morgan fingerprint density at radius 2 is 1.73 bits per heavy atom. The number of amides is 1. The number of benzene rings is 2. The third-order valence-corrected chi connectivity index (χ3v) is 4.21. The third kappa shape index (κ3) is 3.06. The van der Waals surface area contributed by atoms with Gasteiger partial charge in [0.15, 0.2) is 5.11 Å². The lowest BCUT2D eigenvalue weighted by molar-refractivity contribution is -0.113. The molecule has 3 nitrogen and oxygen atoms in total. The fourth-order valence-corrected chi connectivity index (χ4v) is 2.77. The molecule has 1 saturated heterocycles. The summed E-state index contributed by atoms with van der Waals surface area (Å²) in [6.45, 7) is 0. The minimum atomic E-state index is -0.178. The van der Waals surface area contributed by atoms with Crippen LogP contribution in [-0.2, 0) is 4.79 Å². The first-order valence-corrected chi connectivity index (χ1v) is 8.01. The van der Waals surface area contributed by atoms with Crippen LogP contribution in [0.3, 0.4) is 0 Å². The standard InChI is InChI=1S/C16H10BrClN2OS/c17-11-3-7-13(8-4-11)20-15(21)14(19-16(20)22)9-10-1-5-12(18)6-2-10/h1-9H,(H,19,22). The molecular weight excluding hydrogens is 384 g/mol. The molecule has 1 aliphatic rings. The maximum atomic E-state index is 12.5. The highest BCUT2D eigenvalue weighted by atomic mass is 79.9. The van der Waals surface area contributed by atoms with E-state index in [-0.39, 0.29) is 5.91 Å². The van der Waals surface area contributed by atoms with E-state index in [4.69, 9.17) is 23.8 Å². The van der Waals surface area contributed by atoms with Crippen molar-refractivity contribution in [1.82, 2.24) is 5.32 Å². The zero-order chi connectivity index (χ0) is 15.7. The fraction of sp³-hybridized carbons (Fsp3) is 0. The molecule has 0 spiro atoms. The van der Waals surface area contributed by atoms with E-state index < -0.39 is 0 Å². The third-order valence-electron chi connectivity index (χ3n) is 3.14. The van der Waals surface area contributed by atoms with Crippen LogP contribution in [0.1, 0.15) is 5.56 Å². The van der Waals surface area contributed by atoms with Crippen LogP contribution in [0, 0.1) is 0 Å². The van der Waals surface area contributed by atoms with Crippen LogP contribution in [0.15, 0.2) is 58.7 Å². The summed E-state index contributed by atoms with van der Waals surface area (Å²) in [5.41, 5.74) is 2.04. The maximum Gasteiger partial charge on any atom is 0.281 e. The molecule has 1 amide bonds. The second kappa shape index (κ2) is 6.20. The molecule has 22 heavy (non-hydrogen) atoms. The van der Waals surface area contributed by atoms with Crippen molar-refractivity contribution in [3.8, 4) is 0 Å². The summed E-state index contributed by atoms with van der Waals surface area (Å²) in [6, 6.07) is 14.6. The van der Waals surface area contributed by atoms with Gasteiger partial charge in [0.25, 0.3) is 5.91 Å². The number of hydrogen-bond donors (Lipinski definition) is 1. The van der Waals surface area contributed by atoms with Crippen molar-refractivity contribution < 1.29 is 4.79 Å². The molecule has 1 fully saturated rings. The van der Waals surface area contributed by atoms with Crippen LogP contribution in [0.5, 0.6) is 0 Å². The number of halogens is 2. The number of rotatable bonds is 2. The zero-order valence-corrected chi connectivity index (χ0v) is 14.4. The molecule has 2 aromatic carbocycles. The Kier molecular flexibility index (Phi) is 4.29. The first-order valence-electron chi connectivity index (χ1n) is 6.43. The predicted molar refractivity (Wildman–Crippen MR) is 96.8 cm³/mol. The van der Waals surface area contributed by atoms with Crippen LogP contribution >= 0.6 is 39.7 Å². The van der Waals surface area contributed by atoms with Crippen LogP contribution in [0.2, 0.25) is 5.02 Å². The van der Waals surface area contributed by atoms with E-state index in [1.807, 2.05) is 36.4 Å². The smallest absolute Gasteiger partial charge is 0.281 e. The lowest BCUT2D eigenvalue weighted by Crippen LogP contribution is -2.30. The quantitative estimate of drug-likeness (QED) is 0.607. The van der Waals surface area contributed by atoms with E-state index in [0.717, 1.165) is 15.7 Å². The molecule has 110 valence electrons.